The molecular weight excluding hydrogens is 378 g/mol. The lowest BCUT2D eigenvalue weighted by Crippen LogP contribution is -2.03. The molecule has 0 aromatic heterocycles. The molecule has 0 fully saturated rings. The monoisotopic (exact) mass is 392 g/mol. The number of rotatable bonds is 4. The average molecular weight is 392 g/mol. The van der Waals surface area contributed by atoms with Crippen molar-refractivity contribution in [3.05, 3.63) is 82.4 Å². The summed E-state index contributed by atoms with van der Waals surface area (Å²) in [5, 5.41) is 18.5. The first-order valence-electron chi connectivity index (χ1n) is 8.29. The van der Waals surface area contributed by atoms with Gasteiger partial charge in [-0.25, -0.2) is 8.78 Å². The quantitative estimate of drug-likeness (QED) is 0.525. The molecule has 0 aliphatic carbocycles. The van der Waals surface area contributed by atoms with Gasteiger partial charge in [-0.1, -0.05) is 42.1 Å². The minimum atomic E-state index is -1.06. The van der Waals surface area contributed by atoms with Crippen LogP contribution in [0.3, 0.4) is 0 Å². The van der Waals surface area contributed by atoms with Crippen LogP contribution in [0, 0.1) is 48.1 Å². The van der Waals surface area contributed by atoms with Crippen LogP contribution in [-0.2, 0) is 0 Å². The van der Waals surface area contributed by atoms with Crippen LogP contribution in [0.5, 0.6) is 11.5 Å². The predicted molar refractivity (Wildman–Crippen MR) is 102 cm³/mol. The van der Waals surface area contributed by atoms with Gasteiger partial charge in [-0.2, -0.15) is 10.5 Å². The number of para-hydroxylation sites is 1. The van der Waals surface area contributed by atoms with Crippen molar-refractivity contribution in [1.82, 2.24) is 0 Å². The minimum absolute atomic E-state index is 0.175. The SMILES string of the molecule is Cc1ccc(C)c(Sc2c(F)c(C#N)c(C#N)c(F)c2Oc2ccccc2)c1. The molecule has 3 nitrogen and oxygen atoms in total. The highest BCUT2D eigenvalue weighted by Crippen LogP contribution is 2.44. The van der Waals surface area contributed by atoms with E-state index in [9.17, 15) is 10.5 Å². The van der Waals surface area contributed by atoms with E-state index in [-0.39, 0.29) is 10.6 Å². The van der Waals surface area contributed by atoms with E-state index in [0.717, 1.165) is 22.9 Å². The molecule has 0 heterocycles. The molecule has 0 radical (unpaired) electrons. The average Bonchev–Trinajstić information content (AvgIpc) is 2.70. The van der Waals surface area contributed by atoms with Gasteiger partial charge in [0.15, 0.2) is 17.4 Å². The molecule has 138 valence electrons. The van der Waals surface area contributed by atoms with Crippen molar-refractivity contribution in [2.45, 2.75) is 23.6 Å². The van der Waals surface area contributed by atoms with Gasteiger partial charge in [0.05, 0.1) is 4.90 Å². The van der Waals surface area contributed by atoms with Crippen molar-refractivity contribution in [2.75, 3.05) is 0 Å². The molecule has 0 atom stereocenters. The van der Waals surface area contributed by atoms with Crippen LogP contribution in [0.25, 0.3) is 0 Å². The Bertz CT molecular complexity index is 1130. The Labute approximate surface area is 165 Å². The van der Waals surface area contributed by atoms with Crippen LogP contribution in [-0.4, -0.2) is 0 Å². The lowest BCUT2D eigenvalue weighted by molar-refractivity contribution is 0.418. The van der Waals surface area contributed by atoms with Crippen molar-refractivity contribution in [3.63, 3.8) is 0 Å². The van der Waals surface area contributed by atoms with Gasteiger partial charge in [-0.05, 0) is 43.2 Å². The zero-order valence-electron chi connectivity index (χ0n) is 15.1. The van der Waals surface area contributed by atoms with Gasteiger partial charge in [-0.15, -0.1) is 0 Å². The molecule has 0 aliphatic heterocycles. The van der Waals surface area contributed by atoms with Crippen LogP contribution in [0.15, 0.2) is 58.3 Å². The van der Waals surface area contributed by atoms with Crippen molar-refractivity contribution in [2.24, 2.45) is 0 Å². The van der Waals surface area contributed by atoms with E-state index in [1.54, 1.807) is 42.5 Å². The Morgan fingerprint density at radius 3 is 2.18 bits per heavy atom. The van der Waals surface area contributed by atoms with Crippen molar-refractivity contribution in [3.8, 4) is 23.6 Å². The molecule has 0 spiro atoms. The minimum Gasteiger partial charge on any atom is -0.453 e. The van der Waals surface area contributed by atoms with Crippen LogP contribution in [0.2, 0.25) is 0 Å². The fourth-order valence-corrected chi connectivity index (χ4v) is 3.68. The number of halogens is 2. The molecular formula is C22H14F2N2OS. The molecule has 0 amide bonds. The van der Waals surface area contributed by atoms with E-state index in [1.165, 1.54) is 0 Å². The molecule has 3 aromatic rings. The second-order valence-corrected chi connectivity index (χ2v) is 7.10. The number of aryl methyl sites for hydroxylation is 2. The summed E-state index contributed by atoms with van der Waals surface area (Å²) in [6.07, 6.45) is 0. The van der Waals surface area contributed by atoms with E-state index < -0.39 is 28.5 Å². The number of hydrogen-bond acceptors (Lipinski definition) is 4. The summed E-state index contributed by atoms with van der Waals surface area (Å²) in [5.74, 6) is -2.16. The van der Waals surface area contributed by atoms with Crippen LogP contribution >= 0.6 is 11.8 Å². The lowest BCUT2D eigenvalue weighted by atomic mass is 10.1. The molecule has 0 N–H and O–H groups in total. The Morgan fingerprint density at radius 1 is 0.893 bits per heavy atom. The maximum Gasteiger partial charge on any atom is 0.186 e. The Hall–Kier alpha value is -3.35. The number of nitriles is 2. The highest BCUT2D eigenvalue weighted by Gasteiger charge is 2.27. The van der Waals surface area contributed by atoms with Gasteiger partial charge >= 0.3 is 0 Å². The van der Waals surface area contributed by atoms with Gasteiger partial charge in [-0.3, -0.25) is 0 Å². The summed E-state index contributed by atoms with van der Waals surface area (Å²) >= 11 is 0.963. The molecule has 0 bridgehead atoms. The van der Waals surface area contributed by atoms with Crippen LogP contribution in [0.1, 0.15) is 22.3 Å². The third-order valence-electron chi connectivity index (χ3n) is 4.04. The number of ether oxygens (including phenoxy) is 1. The van der Waals surface area contributed by atoms with Crippen LogP contribution < -0.4 is 4.74 Å². The predicted octanol–water partition coefficient (Wildman–Crippen LogP) is 6.27. The summed E-state index contributed by atoms with van der Waals surface area (Å²) in [6.45, 7) is 3.74. The molecule has 6 heteroatoms. The highest BCUT2D eigenvalue weighted by molar-refractivity contribution is 7.99. The Kier molecular flexibility index (Phi) is 5.63. The second-order valence-electron chi connectivity index (χ2n) is 6.05. The maximum atomic E-state index is 15.1. The van der Waals surface area contributed by atoms with Gasteiger partial charge in [0.2, 0.25) is 0 Å². The summed E-state index contributed by atoms with van der Waals surface area (Å²) in [5.41, 5.74) is 0.516. The fraction of sp³-hybridized carbons (Fsp3) is 0.0909. The molecule has 3 rings (SSSR count). The summed E-state index contributed by atoms with van der Waals surface area (Å²) in [6, 6.07) is 17.1. The van der Waals surface area contributed by atoms with Gasteiger partial charge < -0.3 is 4.74 Å². The first kappa shape index (κ1) is 19.4. The smallest absolute Gasteiger partial charge is 0.186 e. The van der Waals surface area contributed by atoms with E-state index in [0.29, 0.717) is 4.90 Å². The normalized spacial score (nSPS) is 10.2. The Morgan fingerprint density at radius 2 is 1.54 bits per heavy atom. The standard InChI is InChI=1S/C22H14F2N2OS/c1-13-8-9-14(2)18(10-13)28-22-20(24)17(12-26)16(11-25)19(23)21(22)27-15-6-4-3-5-7-15/h3-10H,1-2H3. The van der Waals surface area contributed by atoms with E-state index in [2.05, 4.69) is 0 Å². The number of benzene rings is 3. The molecule has 0 saturated carbocycles. The van der Waals surface area contributed by atoms with Crippen molar-refractivity contribution >= 4 is 11.8 Å². The fourth-order valence-electron chi connectivity index (χ4n) is 2.57. The summed E-state index contributed by atoms with van der Waals surface area (Å²) in [4.78, 5) is 0.524. The maximum absolute atomic E-state index is 15.1. The topological polar surface area (TPSA) is 56.8 Å². The Balaban J connectivity index is 2.24. The number of hydrogen-bond donors (Lipinski definition) is 0. The molecule has 28 heavy (non-hydrogen) atoms. The summed E-state index contributed by atoms with van der Waals surface area (Å²) in [7, 11) is 0. The zero-order chi connectivity index (χ0) is 20.3. The van der Waals surface area contributed by atoms with E-state index in [1.807, 2.05) is 32.0 Å². The third-order valence-corrected chi connectivity index (χ3v) is 5.26. The molecule has 0 aliphatic rings. The van der Waals surface area contributed by atoms with E-state index in [4.69, 9.17) is 4.74 Å². The first-order chi connectivity index (χ1) is 13.5. The lowest BCUT2D eigenvalue weighted by Gasteiger charge is -2.16. The van der Waals surface area contributed by atoms with Gasteiger partial charge in [0.1, 0.15) is 29.0 Å². The first-order valence-corrected chi connectivity index (χ1v) is 9.11. The molecule has 0 unspecified atom stereocenters. The summed E-state index contributed by atoms with van der Waals surface area (Å²) < 4.78 is 35.8. The molecule has 0 saturated heterocycles. The molecule has 3 aromatic carbocycles. The van der Waals surface area contributed by atoms with Crippen molar-refractivity contribution < 1.29 is 13.5 Å². The highest BCUT2D eigenvalue weighted by atomic mass is 32.2. The van der Waals surface area contributed by atoms with Gasteiger partial charge in [0, 0.05) is 4.90 Å². The van der Waals surface area contributed by atoms with Crippen molar-refractivity contribution in [1.29, 1.82) is 10.5 Å². The largest absolute Gasteiger partial charge is 0.453 e. The third kappa shape index (κ3) is 3.69. The number of nitrogens with zero attached hydrogens (tertiary/aromatic N) is 2. The van der Waals surface area contributed by atoms with Gasteiger partial charge in [0.25, 0.3) is 0 Å². The van der Waals surface area contributed by atoms with Crippen LogP contribution in [0.4, 0.5) is 8.78 Å². The van der Waals surface area contributed by atoms with E-state index >= 15 is 8.78 Å². The second kappa shape index (κ2) is 8.12. The zero-order valence-corrected chi connectivity index (χ0v) is 15.9.